The van der Waals surface area contributed by atoms with E-state index in [4.69, 9.17) is 22.3 Å². The van der Waals surface area contributed by atoms with Gasteiger partial charge in [0.15, 0.2) is 5.96 Å². The van der Waals surface area contributed by atoms with E-state index in [-0.39, 0.29) is 5.41 Å². The van der Waals surface area contributed by atoms with Gasteiger partial charge in [-0.3, -0.25) is 4.99 Å². The van der Waals surface area contributed by atoms with Crippen LogP contribution in [-0.4, -0.2) is 42.0 Å². The van der Waals surface area contributed by atoms with E-state index in [9.17, 15) is 0 Å². The van der Waals surface area contributed by atoms with E-state index in [2.05, 4.69) is 17.0 Å². The van der Waals surface area contributed by atoms with E-state index in [0.717, 1.165) is 42.1 Å². The topological polar surface area (TPSA) is 41.6 Å². The second-order valence-electron chi connectivity index (χ2n) is 5.91. The SMILES string of the molecule is NC(=NCC1(c2ccc(Cl)cc2)CCC1)N1CCSCC1. The van der Waals surface area contributed by atoms with E-state index in [1.54, 1.807) is 0 Å². The second kappa shape index (κ2) is 6.49. The molecule has 5 heteroatoms. The molecule has 0 atom stereocenters. The summed E-state index contributed by atoms with van der Waals surface area (Å²) in [6.45, 7) is 2.84. The standard InChI is InChI=1S/C16H22ClN3S/c17-14-4-2-13(3-5-14)16(6-1-7-16)12-19-15(18)20-8-10-21-11-9-20/h2-5H,1,6-12H2,(H2,18,19). The summed E-state index contributed by atoms with van der Waals surface area (Å²) in [6, 6.07) is 8.24. The Morgan fingerprint density at radius 3 is 2.48 bits per heavy atom. The van der Waals surface area contributed by atoms with Crippen molar-refractivity contribution < 1.29 is 0 Å². The smallest absolute Gasteiger partial charge is 0.191 e. The molecular weight excluding hydrogens is 302 g/mol. The van der Waals surface area contributed by atoms with Crippen LogP contribution < -0.4 is 5.73 Å². The first-order valence-corrected chi connectivity index (χ1v) is 9.12. The predicted octanol–water partition coefficient (Wildman–Crippen LogP) is 3.13. The lowest BCUT2D eigenvalue weighted by atomic mass is 9.64. The third-order valence-corrected chi connectivity index (χ3v) is 5.84. The lowest BCUT2D eigenvalue weighted by Gasteiger charge is -2.41. The van der Waals surface area contributed by atoms with Crippen molar-refractivity contribution in [3.8, 4) is 0 Å². The van der Waals surface area contributed by atoms with Crippen LogP contribution in [0.25, 0.3) is 0 Å². The van der Waals surface area contributed by atoms with Crippen LogP contribution in [0.15, 0.2) is 29.3 Å². The average molecular weight is 324 g/mol. The first-order valence-electron chi connectivity index (χ1n) is 7.58. The molecule has 0 radical (unpaired) electrons. The van der Waals surface area contributed by atoms with Crippen molar-refractivity contribution in [2.24, 2.45) is 10.7 Å². The van der Waals surface area contributed by atoms with Crippen molar-refractivity contribution >= 4 is 29.3 Å². The van der Waals surface area contributed by atoms with Crippen LogP contribution in [0.3, 0.4) is 0 Å². The summed E-state index contributed by atoms with van der Waals surface area (Å²) in [4.78, 5) is 6.93. The molecule has 1 aliphatic carbocycles. The van der Waals surface area contributed by atoms with Crippen molar-refractivity contribution in [3.63, 3.8) is 0 Å². The van der Waals surface area contributed by atoms with Crippen LogP contribution >= 0.6 is 23.4 Å². The maximum atomic E-state index is 6.18. The first kappa shape index (κ1) is 15.0. The zero-order chi connectivity index (χ0) is 14.7. The highest BCUT2D eigenvalue weighted by atomic mass is 35.5. The van der Waals surface area contributed by atoms with Gasteiger partial charge in [0.2, 0.25) is 0 Å². The number of thioether (sulfide) groups is 1. The van der Waals surface area contributed by atoms with Crippen molar-refractivity contribution in [1.29, 1.82) is 0 Å². The van der Waals surface area contributed by atoms with Crippen LogP contribution in [-0.2, 0) is 5.41 Å². The highest BCUT2D eigenvalue weighted by Gasteiger charge is 2.38. The monoisotopic (exact) mass is 323 g/mol. The summed E-state index contributed by atoms with van der Waals surface area (Å²) < 4.78 is 0. The molecule has 2 N–H and O–H groups in total. The van der Waals surface area contributed by atoms with Gasteiger partial charge in [-0.2, -0.15) is 11.8 Å². The fourth-order valence-electron chi connectivity index (χ4n) is 3.07. The second-order valence-corrected chi connectivity index (χ2v) is 7.58. The van der Waals surface area contributed by atoms with Gasteiger partial charge < -0.3 is 10.6 Å². The van der Waals surface area contributed by atoms with Gasteiger partial charge in [-0.1, -0.05) is 30.2 Å². The largest absolute Gasteiger partial charge is 0.370 e. The van der Waals surface area contributed by atoms with Gasteiger partial charge in [0.05, 0.1) is 6.54 Å². The van der Waals surface area contributed by atoms with Crippen molar-refractivity contribution in [2.45, 2.75) is 24.7 Å². The van der Waals surface area contributed by atoms with Gasteiger partial charge in [0.1, 0.15) is 0 Å². The third kappa shape index (κ3) is 3.32. The summed E-state index contributed by atoms with van der Waals surface area (Å²) in [5.41, 5.74) is 7.71. The Kier molecular flexibility index (Phi) is 4.65. The van der Waals surface area contributed by atoms with Crippen LogP contribution in [0.1, 0.15) is 24.8 Å². The van der Waals surface area contributed by atoms with E-state index in [0.29, 0.717) is 0 Å². The summed E-state index contributed by atoms with van der Waals surface area (Å²) in [6.07, 6.45) is 3.67. The molecular formula is C16H22ClN3S. The van der Waals surface area contributed by atoms with E-state index in [1.165, 1.54) is 24.8 Å². The average Bonchev–Trinajstić information content (AvgIpc) is 2.48. The van der Waals surface area contributed by atoms with Gasteiger partial charge >= 0.3 is 0 Å². The maximum absolute atomic E-state index is 6.18. The van der Waals surface area contributed by atoms with Crippen LogP contribution in [0.5, 0.6) is 0 Å². The summed E-state index contributed by atoms with van der Waals surface area (Å²) in [5, 5.41) is 0.794. The molecule has 1 saturated carbocycles. The normalized spacial score (nSPS) is 22.0. The van der Waals surface area contributed by atoms with Gasteiger partial charge in [-0.15, -0.1) is 0 Å². The number of halogens is 1. The number of hydrogen-bond donors (Lipinski definition) is 1. The summed E-state index contributed by atoms with van der Waals surface area (Å²) in [7, 11) is 0. The van der Waals surface area contributed by atoms with E-state index >= 15 is 0 Å². The Bertz CT molecular complexity index is 505. The fraction of sp³-hybridized carbons (Fsp3) is 0.562. The summed E-state index contributed by atoms with van der Waals surface area (Å²) in [5.74, 6) is 3.02. The molecule has 0 amide bonds. The molecule has 114 valence electrons. The predicted molar refractivity (Wildman–Crippen MR) is 92.4 cm³/mol. The Labute approximate surface area is 135 Å². The van der Waals surface area contributed by atoms with Crippen molar-refractivity contribution in [1.82, 2.24) is 4.90 Å². The quantitative estimate of drug-likeness (QED) is 0.686. The fourth-order valence-corrected chi connectivity index (χ4v) is 4.10. The molecule has 1 aliphatic heterocycles. The van der Waals surface area contributed by atoms with Crippen molar-refractivity contribution in [3.05, 3.63) is 34.9 Å². The number of nitrogens with two attached hydrogens (primary N) is 1. The highest BCUT2D eigenvalue weighted by Crippen LogP contribution is 2.44. The number of hydrogen-bond acceptors (Lipinski definition) is 2. The maximum Gasteiger partial charge on any atom is 0.191 e. The van der Waals surface area contributed by atoms with Gasteiger partial charge in [-0.25, -0.2) is 0 Å². The molecule has 1 aromatic rings. The van der Waals surface area contributed by atoms with E-state index in [1.807, 2.05) is 23.9 Å². The van der Waals surface area contributed by atoms with Gasteiger partial charge in [0.25, 0.3) is 0 Å². The van der Waals surface area contributed by atoms with Crippen LogP contribution in [0.2, 0.25) is 5.02 Å². The minimum Gasteiger partial charge on any atom is -0.370 e. The molecule has 3 rings (SSSR count). The molecule has 1 heterocycles. The highest BCUT2D eigenvalue weighted by molar-refractivity contribution is 7.99. The van der Waals surface area contributed by atoms with Crippen molar-refractivity contribution in [2.75, 3.05) is 31.1 Å². The number of rotatable bonds is 3. The molecule has 2 aliphatic rings. The Hall–Kier alpha value is -0.870. The lowest BCUT2D eigenvalue weighted by molar-refractivity contribution is 0.252. The number of benzene rings is 1. The Morgan fingerprint density at radius 1 is 1.24 bits per heavy atom. The molecule has 0 bridgehead atoms. The van der Waals surface area contributed by atoms with E-state index < -0.39 is 0 Å². The number of nitrogens with zero attached hydrogens (tertiary/aromatic N) is 2. The minimum atomic E-state index is 0.180. The zero-order valence-corrected chi connectivity index (χ0v) is 13.8. The molecule has 0 unspecified atom stereocenters. The summed E-state index contributed by atoms with van der Waals surface area (Å²) >= 11 is 7.98. The Morgan fingerprint density at radius 2 is 1.90 bits per heavy atom. The Balaban J connectivity index is 1.70. The molecule has 21 heavy (non-hydrogen) atoms. The van der Waals surface area contributed by atoms with Gasteiger partial charge in [-0.05, 0) is 30.5 Å². The molecule has 1 aromatic carbocycles. The van der Waals surface area contributed by atoms with Gasteiger partial charge in [0, 0.05) is 35.0 Å². The number of guanidine groups is 1. The zero-order valence-electron chi connectivity index (χ0n) is 12.2. The lowest BCUT2D eigenvalue weighted by Crippen LogP contribution is -2.44. The van der Waals surface area contributed by atoms with Crippen LogP contribution in [0, 0.1) is 0 Å². The molecule has 0 aromatic heterocycles. The number of aliphatic imine (C=N–C) groups is 1. The molecule has 1 saturated heterocycles. The molecule has 0 spiro atoms. The third-order valence-electron chi connectivity index (χ3n) is 4.65. The first-order chi connectivity index (χ1) is 10.2. The molecule has 3 nitrogen and oxygen atoms in total. The minimum absolute atomic E-state index is 0.180. The molecule has 2 fully saturated rings. The van der Waals surface area contributed by atoms with Crippen LogP contribution in [0.4, 0.5) is 0 Å².